The molecule has 0 fully saturated rings. The molecule has 29 heavy (non-hydrogen) atoms. The summed E-state index contributed by atoms with van der Waals surface area (Å²) >= 11 is 0. The number of pyridine rings is 1. The van der Waals surface area contributed by atoms with E-state index >= 15 is 0 Å². The molecule has 0 unspecified atom stereocenters. The maximum atomic E-state index is 5.65. The first-order valence-corrected chi connectivity index (χ1v) is 9.33. The summed E-state index contributed by atoms with van der Waals surface area (Å²) in [4.78, 5) is 8.94. The molecule has 0 bridgehead atoms. The van der Waals surface area contributed by atoms with Crippen LogP contribution < -0.4 is 4.74 Å². The SMILES string of the molecule is CO[C@@H](C)c1cccc(-c2ccc(-c3nc(COc4ccccc4)no3)cn2)c1. The third kappa shape index (κ3) is 4.50. The average Bonchev–Trinajstić information content (AvgIpc) is 3.27. The Morgan fingerprint density at radius 2 is 1.83 bits per heavy atom. The minimum Gasteiger partial charge on any atom is -0.485 e. The van der Waals surface area contributed by atoms with E-state index in [4.69, 9.17) is 14.0 Å². The van der Waals surface area contributed by atoms with Gasteiger partial charge in [-0.3, -0.25) is 4.98 Å². The van der Waals surface area contributed by atoms with Crippen molar-refractivity contribution in [3.8, 4) is 28.5 Å². The van der Waals surface area contributed by atoms with E-state index in [9.17, 15) is 0 Å². The van der Waals surface area contributed by atoms with Gasteiger partial charge in [0, 0.05) is 18.9 Å². The van der Waals surface area contributed by atoms with Gasteiger partial charge in [0.25, 0.3) is 5.89 Å². The molecule has 6 heteroatoms. The average molecular weight is 387 g/mol. The van der Waals surface area contributed by atoms with E-state index in [0.717, 1.165) is 28.1 Å². The highest BCUT2D eigenvalue weighted by Gasteiger charge is 2.11. The van der Waals surface area contributed by atoms with Crippen molar-refractivity contribution >= 4 is 0 Å². The third-order valence-corrected chi connectivity index (χ3v) is 4.60. The number of rotatable bonds is 7. The Bertz CT molecular complexity index is 1060. The summed E-state index contributed by atoms with van der Waals surface area (Å²) in [5.41, 5.74) is 3.76. The second-order valence-electron chi connectivity index (χ2n) is 6.55. The summed E-state index contributed by atoms with van der Waals surface area (Å²) < 4.78 is 16.4. The van der Waals surface area contributed by atoms with Gasteiger partial charge in [-0.15, -0.1) is 0 Å². The first-order valence-electron chi connectivity index (χ1n) is 9.33. The number of nitrogens with zero attached hydrogens (tertiary/aromatic N) is 3. The maximum Gasteiger partial charge on any atom is 0.259 e. The largest absolute Gasteiger partial charge is 0.485 e. The van der Waals surface area contributed by atoms with Crippen molar-refractivity contribution in [3.63, 3.8) is 0 Å². The molecule has 0 aliphatic rings. The molecular formula is C23H21N3O3. The molecule has 2 heterocycles. The molecule has 0 saturated heterocycles. The predicted molar refractivity (Wildman–Crippen MR) is 109 cm³/mol. The lowest BCUT2D eigenvalue weighted by Gasteiger charge is -2.11. The van der Waals surface area contributed by atoms with E-state index in [-0.39, 0.29) is 12.7 Å². The van der Waals surface area contributed by atoms with E-state index in [0.29, 0.717) is 11.7 Å². The second kappa shape index (κ2) is 8.67. The number of methoxy groups -OCH3 is 1. The number of para-hydroxylation sites is 1. The van der Waals surface area contributed by atoms with Crippen LogP contribution in [0.1, 0.15) is 24.4 Å². The van der Waals surface area contributed by atoms with Gasteiger partial charge >= 0.3 is 0 Å². The molecular weight excluding hydrogens is 366 g/mol. The van der Waals surface area contributed by atoms with Crippen LogP contribution in [-0.2, 0) is 11.3 Å². The van der Waals surface area contributed by atoms with E-state index in [1.54, 1.807) is 13.3 Å². The highest BCUT2D eigenvalue weighted by atomic mass is 16.5. The lowest BCUT2D eigenvalue weighted by atomic mass is 10.0. The van der Waals surface area contributed by atoms with Crippen molar-refractivity contribution in [1.82, 2.24) is 15.1 Å². The number of hydrogen-bond acceptors (Lipinski definition) is 6. The minimum atomic E-state index is 0.0316. The van der Waals surface area contributed by atoms with Crippen molar-refractivity contribution in [2.75, 3.05) is 7.11 Å². The molecule has 4 aromatic rings. The van der Waals surface area contributed by atoms with Gasteiger partial charge in [0.1, 0.15) is 5.75 Å². The Balaban J connectivity index is 1.46. The van der Waals surface area contributed by atoms with Crippen LogP contribution >= 0.6 is 0 Å². The molecule has 4 rings (SSSR count). The molecule has 0 spiro atoms. The van der Waals surface area contributed by atoms with Crippen LogP contribution in [-0.4, -0.2) is 22.2 Å². The van der Waals surface area contributed by atoms with Crippen molar-refractivity contribution in [3.05, 3.63) is 84.3 Å². The smallest absolute Gasteiger partial charge is 0.259 e. The number of aromatic nitrogens is 3. The lowest BCUT2D eigenvalue weighted by molar-refractivity contribution is 0.119. The minimum absolute atomic E-state index is 0.0316. The molecule has 0 saturated carbocycles. The van der Waals surface area contributed by atoms with Crippen molar-refractivity contribution in [2.24, 2.45) is 0 Å². The maximum absolute atomic E-state index is 5.65. The molecule has 0 radical (unpaired) electrons. The van der Waals surface area contributed by atoms with Gasteiger partial charge in [-0.2, -0.15) is 4.98 Å². The van der Waals surface area contributed by atoms with E-state index in [2.05, 4.69) is 21.2 Å². The van der Waals surface area contributed by atoms with Crippen LogP contribution in [0.5, 0.6) is 5.75 Å². The molecule has 0 aliphatic heterocycles. The summed E-state index contributed by atoms with van der Waals surface area (Å²) in [6, 6.07) is 21.5. The van der Waals surface area contributed by atoms with Crippen LogP contribution in [0.4, 0.5) is 0 Å². The zero-order chi connectivity index (χ0) is 20.1. The molecule has 0 N–H and O–H groups in total. The Hall–Kier alpha value is -3.51. The number of benzene rings is 2. The van der Waals surface area contributed by atoms with Gasteiger partial charge in [-0.25, -0.2) is 0 Å². The second-order valence-corrected chi connectivity index (χ2v) is 6.55. The summed E-state index contributed by atoms with van der Waals surface area (Å²) in [5, 5.41) is 3.98. The standard InChI is InChI=1S/C23H21N3O3/c1-16(27-2)17-7-6-8-18(13-17)21-12-11-19(14-24-21)23-25-22(26-29-23)15-28-20-9-4-3-5-10-20/h3-14,16H,15H2,1-2H3/t16-/m0/s1. The first kappa shape index (κ1) is 18.8. The molecule has 1 atom stereocenters. The van der Waals surface area contributed by atoms with Gasteiger partial charge < -0.3 is 14.0 Å². The van der Waals surface area contributed by atoms with E-state index in [1.165, 1.54) is 0 Å². The van der Waals surface area contributed by atoms with Gasteiger partial charge in [-0.05, 0) is 42.8 Å². The highest BCUT2D eigenvalue weighted by Crippen LogP contribution is 2.25. The van der Waals surface area contributed by atoms with Crippen LogP contribution in [0.25, 0.3) is 22.7 Å². The Morgan fingerprint density at radius 3 is 2.59 bits per heavy atom. The van der Waals surface area contributed by atoms with Crippen LogP contribution in [0.15, 0.2) is 77.4 Å². The topological polar surface area (TPSA) is 70.3 Å². The van der Waals surface area contributed by atoms with Gasteiger partial charge in [0.2, 0.25) is 5.82 Å². The first-order chi connectivity index (χ1) is 14.2. The predicted octanol–water partition coefficient (Wildman–Crippen LogP) is 5.09. The van der Waals surface area contributed by atoms with Crippen LogP contribution in [0.3, 0.4) is 0 Å². The van der Waals surface area contributed by atoms with Crippen molar-refractivity contribution in [1.29, 1.82) is 0 Å². The highest BCUT2D eigenvalue weighted by molar-refractivity contribution is 5.63. The summed E-state index contributed by atoms with van der Waals surface area (Å²) in [5.74, 6) is 1.65. The van der Waals surface area contributed by atoms with E-state index in [1.807, 2.05) is 67.6 Å². The third-order valence-electron chi connectivity index (χ3n) is 4.60. The Morgan fingerprint density at radius 1 is 0.966 bits per heavy atom. The van der Waals surface area contributed by atoms with Crippen molar-refractivity contribution in [2.45, 2.75) is 19.6 Å². The monoisotopic (exact) mass is 387 g/mol. The fraction of sp³-hybridized carbons (Fsp3) is 0.174. The normalized spacial score (nSPS) is 11.9. The fourth-order valence-corrected chi connectivity index (χ4v) is 2.87. The Kier molecular flexibility index (Phi) is 5.63. The fourth-order valence-electron chi connectivity index (χ4n) is 2.87. The number of ether oxygens (including phenoxy) is 2. The van der Waals surface area contributed by atoms with Gasteiger partial charge in [0.05, 0.1) is 17.4 Å². The molecule has 146 valence electrons. The summed E-state index contributed by atoms with van der Waals surface area (Å²) in [6.45, 7) is 2.26. The zero-order valence-corrected chi connectivity index (χ0v) is 16.3. The summed E-state index contributed by atoms with van der Waals surface area (Å²) in [7, 11) is 1.70. The quantitative estimate of drug-likeness (QED) is 0.440. The van der Waals surface area contributed by atoms with E-state index < -0.39 is 0 Å². The van der Waals surface area contributed by atoms with Crippen LogP contribution in [0, 0.1) is 0 Å². The number of hydrogen-bond donors (Lipinski definition) is 0. The summed E-state index contributed by atoms with van der Waals surface area (Å²) in [6.07, 6.45) is 1.76. The Labute approximate surface area is 169 Å². The molecule has 2 aromatic heterocycles. The molecule has 0 amide bonds. The van der Waals surface area contributed by atoms with Gasteiger partial charge in [0.15, 0.2) is 6.61 Å². The molecule has 2 aromatic carbocycles. The van der Waals surface area contributed by atoms with Gasteiger partial charge in [-0.1, -0.05) is 41.6 Å². The van der Waals surface area contributed by atoms with Crippen molar-refractivity contribution < 1.29 is 14.0 Å². The molecule has 0 aliphatic carbocycles. The zero-order valence-electron chi connectivity index (χ0n) is 16.3. The molecule has 6 nitrogen and oxygen atoms in total. The lowest BCUT2D eigenvalue weighted by Crippen LogP contribution is -1.97. The van der Waals surface area contributed by atoms with Crippen LogP contribution in [0.2, 0.25) is 0 Å².